The molecule has 0 fully saturated rings. The predicted molar refractivity (Wildman–Crippen MR) is 134 cm³/mol. The van der Waals surface area contributed by atoms with Crippen molar-refractivity contribution in [2.45, 2.75) is 26.3 Å². The zero-order chi connectivity index (χ0) is 24.3. The van der Waals surface area contributed by atoms with Gasteiger partial charge >= 0.3 is 0 Å². The predicted octanol–water partition coefficient (Wildman–Crippen LogP) is 4.49. The Kier molecular flexibility index (Phi) is 6.47. The smallest absolute Gasteiger partial charge is 0.258 e. The Labute approximate surface area is 201 Å². The van der Waals surface area contributed by atoms with E-state index in [2.05, 4.69) is 10.6 Å². The maximum atomic E-state index is 12.1. The third kappa shape index (κ3) is 5.68. The summed E-state index contributed by atoms with van der Waals surface area (Å²) in [7, 11) is 0. The topological polar surface area (TPSA) is 119 Å². The lowest BCUT2D eigenvalue weighted by Gasteiger charge is -2.20. The molecule has 4 aromatic rings. The molecule has 174 valence electrons. The van der Waals surface area contributed by atoms with Crippen LogP contribution in [0.5, 0.6) is 5.75 Å². The first kappa shape index (κ1) is 23.2. The van der Waals surface area contributed by atoms with Gasteiger partial charge in [-0.15, -0.1) is 11.3 Å². The number of ether oxygens (including phenoxy) is 1. The standard InChI is InChI=1S/C25H25N5O3S/c1-25(2,3)30-20(31)14-33-18-6-4-5-16(13-18)23-28-19-11-12-34-21(19)24(29-23)27-17-9-7-15(8-10-17)22(26)32/h4-13H,14H2,1-3H3,(H2,26,32)(H,30,31)(H,27,28,29). The number of thiophene rings is 1. The molecule has 0 spiro atoms. The van der Waals surface area contributed by atoms with Gasteiger partial charge in [-0.2, -0.15) is 0 Å². The van der Waals surface area contributed by atoms with Gasteiger partial charge in [-0.3, -0.25) is 9.59 Å². The summed E-state index contributed by atoms with van der Waals surface area (Å²) in [4.78, 5) is 32.9. The first-order valence-electron chi connectivity index (χ1n) is 10.6. The maximum Gasteiger partial charge on any atom is 0.258 e. The Hall–Kier alpha value is -3.98. The van der Waals surface area contributed by atoms with Crippen molar-refractivity contribution in [3.8, 4) is 17.1 Å². The number of nitrogens with two attached hydrogens (primary N) is 1. The molecule has 0 unspecified atom stereocenters. The van der Waals surface area contributed by atoms with Crippen molar-refractivity contribution in [3.05, 3.63) is 65.5 Å². The van der Waals surface area contributed by atoms with Gasteiger partial charge < -0.3 is 21.1 Å². The average Bonchev–Trinajstić information content (AvgIpc) is 3.26. The molecular formula is C25H25N5O3S. The zero-order valence-corrected chi connectivity index (χ0v) is 19.9. The van der Waals surface area contributed by atoms with E-state index in [4.69, 9.17) is 20.4 Å². The molecule has 0 atom stereocenters. The minimum absolute atomic E-state index is 0.0841. The second-order valence-corrected chi connectivity index (χ2v) is 9.63. The summed E-state index contributed by atoms with van der Waals surface area (Å²) >= 11 is 1.53. The highest BCUT2D eigenvalue weighted by Gasteiger charge is 2.15. The molecule has 8 nitrogen and oxygen atoms in total. The lowest BCUT2D eigenvalue weighted by atomic mass is 10.1. The van der Waals surface area contributed by atoms with Gasteiger partial charge in [0.1, 0.15) is 5.75 Å². The van der Waals surface area contributed by atoms with Gasteiger partial charge in [0.05, 0.1) is 10.2 Å². The quantitative estimate of drug-likeness (QED) is 0.362. The molecule has 4 rings (SSSR count). The van der Waals surface area contributed by atoms with Gasteiger partial charge in [-0.25, -0.2) is 9.97 Å². The molecule has 0 bridgehead atoms. The third-order valence-corrected chi connectivity index (χ3v) is 5.62. The van der Waals surface area contributed by atoms with Crippen molar-refractivity contribution in [2.24, 2.45) is 5.73 Å². The van der Waals surface area contributed by atoms with Crippen LogP contribution in [0.4, 0.5) is 11.5 Å². The number of carbonyl (C=O) groups excluding carboxylic acids is 2. The second-order valence-electron chi connectivity index (χ2n) is 8.71. The summed E-state index contributed by atoms with van der Waals surface area (Å²) < 4.78 is 6.60. The molecule has 0 radical (unpaired) electrons. The van der Waals surface area contributed by atoms with Crippen LogP contribution in [0.3, 0.4) is 0 Å². The minimum atomic E-state index is -0.477. The monoisotopic (exact) mass is 475 g/mol. The number of hydrogen-bond donors (Lipinski definition) is 3. The van der Waals surface area contributed by atoms with Crippen molar-refractivity contribution < 1.29 is 14.3 Å². The molecule has 0 aliphatic heterocycles. The molecule has 0 saturated heterocycles. The van der Waals surface area contributed by atoms with E-state index in [1.54, 1.807) is 30.3 Å². The first-order chi connectivity index (χ1) is 16.2. The maximum absolute atomic E-state index is 12.1. The fraction of sp³-hybridized carbons (Fsp3) is 0.200. The van der Waals surface area contributed by atoms with Gasteiger partial charge in [0, 0.05) is 22.4 Å². The van der Waals surface area contributed by atoms with Crippen LogP contribution in [0.2, 0.25) is 0 Å². The number of nitrogens with zero attached hydrogens (tertiary/aromatic N) is 2. The Balaban J connectivity index is 1.58. The summed E-state index contributed by atoms with van der Waals surface area (Å²) in [5.41, 5.74) is 7.77. The van der Waals surface area contributed by atoms with E-state index in [0.717, 1.165) is 21.5 Å². The van der Waals surface area contributed by atoms with E-state index in [1.165, 1.54) is 11.3 Å². The number of hydrogen-bond acceptors (Lipinski definition) is 7. The van der Waals surface area contributed by atoms with E-state index in [-0.39, 0.29) is 18.1 Å². The van der Waals surface area contributed by atoms with Crippen LogP contribution in [0.1, 0.15) is 31.1 Å². The van der Waals surface area contributed by atoms with Gasteiger partial charge in [0.25, 0.3) is 5.91 Å². The Morgan fingerprint density at radius 2 is 1.82 bits per heavy atom. The van der Waals surface area contributed by atoms with Gasteiger partial charge in [-0.05, 0) is 68.6 Å². The van der Waals surface area contributed by atoms with E-state index < -0.39 is 5.91 Å². The van der Waals surface area contributed by atoms with Gasteiger partial charge in [0.15, 0.2) is 18.2 Å². The Morgan fingerprint density at radius 1 is 1.06 bits per heavy atom. The number of aromatic nitrogens is 2. The lowest BCUT2D eigenvalue weighted by Crippen LogP contribution is -2.43. The Morgan fingerprint density at radius 3 is 2.53 bits per heavy atom. The van der Waals surface area contributed by atoms with Gasteiger partial charge in [-0.1, -0.05) is 12.1 Å². The number of rotatable bonds is 7. The highest BCUT2D eigenvalue weighted by atomic mass is 32.1. The van der Waals surface area contributed by atoms with Crippen LogP contribution in [-0.2, 0) is 4.79 Å². The number of nitrogens with one attached hydrogen (secondary N) is 2. The second kappa shape index (κ2) is 9.48. The van der Waals surface area contributed by atoms with Crippen molar-refractivity contribution in [2.75, 3.05) is 11.9 Å². The number of fused-ring (bicyclic) bond motifs is 1. The number of anilines is 2. The van der Waals surface area contributed by atoms with Crippen molar-refractivity contribution >= 4 is 44.9 Å². The van der Waals surface area contributed by atoms with Crippen LogP contribution in [0.25, 0.3) is 21.6 Å². The summed E-state index contributed by atoms with van der Waals surface area (Å²) in [6.45, 7) is 5.67. The number of benzene rings is 2. The molecular weight excluding hydrogens is 450 g/mol. The first-order valence-corrected chi connectivity index (χ1v) is 11.5. The van der Waals surface area contributed by atoms with Crippen molar-refractivity contribution in [1.29, 1.82) is 0 Å². The number of primary amides is 1. The molecule has 2 heterocycles. The molecule has 34 heavy (non-hydrogen) atoms. The van der Waals surface area contributed by atoms with Crippen LogP contribution in [0, 0.1) is 0 Å². The van der Waals surface area contributed by atoms with Crippen LogP contribution < -0.4 is 21.1 Å². The molecule has 0 saturated carbocycles. The van der Waals surface area contributed by atoms with E-state index in [0.29, 0.717) is 23.0 Å². The van der Waals surface area contributed by atoms with E-state index in [1.807, 2.05) is 50.4 Å². The summed E-state index contributed by atoms with van der Waals surface area (Å²) in [6.07, 6.45) is 0. The third-order valence-electron chi connectivity index (χ3n) is 4.71. The largest absolute Gasteiger partial charge is 0.484 e. The molecule has 4 N–H and O–H groups in total. The molecule has 2 aromatic heterocycles. The molecule has 0 aliphatic rings. The van der Waals surface area contributed by atoms with Gasteiger partial charge in [0.2, 0.25) is 5.91 Å². The highest BCUT2D eigenvalue weighted by Crippen LogP contribution is 2.32. The lowest BCUT2D eigenvalue weighted by molar-refractivity contribution is -0.124. The molecule has 0 aliphatic carbocycles. The van der Waals surface area contributed by atoms with E-state index in [9.17, 15) is 9.59 Å². The summed E-state index contributed by atoms with van der Waals surface area (Å²) in [5, 5.41) is 8.14. The molecule has 2 amide bonds. The van der Waals surface area contributed by atoms with Crippen LogP contribution in [0.15, 0.2) is 60.0 Å². The number of carbonyl (C=O) groups is 2. The fourth-order valence-corrected chi connectivity index (χ4v) is 4.04. The molecule has 9 heteroatoms. The fourth-order valence-electron chi connectivity index (χ4n) is 3.26. The molecule has 2 aromatic carbocycles. The average molecular weight is 476 g/mol. The normalized spacial score (nSPS) is 11.3. The summed E-state index contributed by atoms with van der Waals surface area (Å²) in [5.74, 6) is 1.05. The Bertz CT molecular complexity index is 1340. The van der Waals surface area contributed by atoms with Crippen molar-refractivity contribution in [1.82, 2.24) is 15.3 Å². The van der Waals surface area contributed by atoms with Crippen molar-refractivity contribution in [3.63, 3.8) is 0 Å². The zero-order valence-electron chi connectivity index (χ0n) is 19.1. The van der Waals surface area contributed by atoms with E-state index >= 15 is 0 Å². The van der Waals surface area contributed by atoms with Crippen LogP contribution >= 0.6 is 11.3 Å². The minimum Gasteiger partial charge on any atom is -0.484 e. The SMILES string of the molecule is CC(C)(C)NC(=O)COc1cccc(-c2nc(Nc3ccc(C(N)=O)cc3)c3sccc3n2)c1. The number of amides is 2. The van der Waals surface area contributed by atoms with Crippen LogP contribution in [-0.4, -0.2) is 33.9 Å². The highest BCUT2D eigenvalue weighted by molar-refractivity contribution is 7.17. The summed E-state index contributed by atoms with van der Waals surface area (Å²) in [6, 6.07) is 16.1.